The van der Waals surface area contributed by atoms with E-state index < -0.39 is 5.60 Å². The molecule has 1 unspecified atom stereocenters. The summed E-state index contributed by atoms with van der Waals surface area (Å²) in [7, 11) is 3.37. The van der Waals surface area contributed by atoms with Crippen molar-refractivity contribution in [2.45, 2.75) is 52.1 Å². The van der Waals surface area contributed by atoms with E-state index in [9.17, 15) is 5.11 Å². The molecule has 37 heavy (non-hydrogen) atoms. The highest BCUT2D eigenvalue weighted by molar-refractivity contribution is 5.49. The first-order valence-electron chi connectivity index (χ1n) is 13.4. The molecule has 0 spiro atoms. The summed E-state index contributed by atoms with van der Waals surface area (Å²) in [4.78, 5) is 0. The van der Waals surface area contributed by atoms with Gasteiger partial charge < -0.3 is 19.3 Å². The smallest absolute Gasteiger partial charge is 0.143 e. The summed E-state index contributed by atoms with van der Waals surface area (Å²) in [6, 6.07) is 26.8. The molecule has 3 aromatic carbocycles. The molecule has 4 nitrogen and oxygen atoms in total. The van der Waals surface area contributed by atoms with Gasteiger partial charge in [-0.05, 0) is 77.0 Å². The van der Waals surface area contributed by atoms with E-state index in [4.69, 9.17) is 14.2 Å². The number of benzene rings is 3. The van der Waals surface area contributed by atoms with Crippen molar-refractivity contribution in [1.82, 2.24) is 0 Å². The first-order valence-corrected chi connectivity index (χ1v) is 13.4. The molecule has 0 aliphatic heterocycles. The SMILES string of the molecule is CCC1CC[C@@](C)(COC(c2ccccc2)(c2ccc(OC)cc2)c2ccc(OC)cc2)[C@@](C)(CO)C1. The van der Waals surface area contributed by atoms with Crippen molar-refractivity contribution in [3.63, 3.8) is 0 Å². The fourth-order valence-electron chi connectivity index (χ4n) is 6.00. The molecule has 0 radical (unpaired) electrons. The molecule has 1 aliphatic rings. The Balaban J connectivity index is 1.85. The number of aliphatic hydroxyl groups excluding tert-OH is 1. The van der Waals surface area contributed by atoms with Gasteiger partial charge in [0.15, 0.2) is 0 Å². The number of aliphatic hydroxyl groups is 1. The number of rotatable bonds is 10. The second-order valence-electron chi connectivity index (χ2n) is 11.1. The molecule has 4 rings (SSSR count). The van der Waals surface area contributed by atoms with E-state index in [1.807, 2.05) is 30.3 Å². The number of methoxy groups -OCH3 is 2. The maximum absolute atomic E-state index is 10.6. The molecule has 0 amide bonds. The minimum absolute atomic E-state index is 0.159. The zero-order valence-electron chi connectivity index (χ0n) is 23.0. The van der Waals surface area contributed by atoms with Gasteiger partial charge in [0.05, 0.1) is 20.8 Å². The maximum atomic E-state index is 10.6. The molecular formula is C33H42O4. The predicted octanol–water partition coefficient (Wildman–Crippen LogP) is 7.23. The Bertz CT molecular complexity index is 1080. The molecule has 1 N–H and O–H groups in total. The van der Waals surface area contributed by atoms with Crippen LogP contribution < -0.4 is 9.47 Å². The number of hydrogen-bond donors (Lipinski definition) is 1. The average Bonchev–Trinajstić information content (AvgIpc) is 2.96. The largest absolute Gasteiger partial charge is 0.497 e. The van der Waals surface area contributed by atoms with Crippen LogP contribution in [0.2, 0.25) is 0 Å². The highest BCUT2D eigenvalue weighted by Gasteiger charge is 2.50. The van der Waals surface area contributed by atoms with Gasteiger partial charge in [-0.1, -0.05) is 81.8 Å². The Morgan fingerprint density at radius 1 is 0.784 bits per heavy atom. The highest BCUT2D eigenvalue weighted by atomic mass is 16.5. The summed E-state index contributed by atoms with van der Waals surface area (Å²) in [5.41, 5.74) is 1.88. The van der Waals surface area contributed by atoms with Crippen LogP contribution in [0.3, 0.4) is 0 Å². The van der Waals surface area contributed by atoms with Crippen molar-refractivity contribution < 1.29 is 19.3 Å². The monoisotopic (exact) mass is 502 g/mol. The Hall–Kier alpha value is -2.82. The zero-order valence-corrected chi connectivity index (χ0v) is 23.0. The van der Waals surface area contributed by atoms with Gasteiger partial charge in [-0.25, -0.2) is 0 Å². The van der Waals surface area contributed by atoms with Crippen molar-refractivity contribution in [2.75, 3.05) is 27.4 Å². The molecule has 1 aliphatic carbocycles. The van der Waals surface area contributed by atoms with E-state index in [-0.39, 0.29) is 17.4 Å². The molecule has 1 fully saturated rings. The Labute approximate surface area is 222 Å². The van der Waals surface area contributed by atoms with Crippen molar-refractivity contribution >= 4 is 0 Å². The lowest BCUT2D eigenvalue weighted by molar-refractivity contribution is -0.126. The minimum Gasteiger partial charge on any atom is -0.497 e. The van der Waals surface area contributed by atoms with Crippen LogP contribution in [0.1, 0.15) is 63.1 Å². The van der Waals surface area contributed by atoms with Crippen molar-refractivity contribution in [1.29, 1.82) is 0 Å². The summed E-state index contributed by atoms with van der Waals surface area (Å²) in [6.07, 6.45) is 4.36. The number of hydrogen-bond acceptors (Lipinski definition) is 4. The average molecular weight is 503 g/mol. The number of ether oxygens (including phenoxy) is 3. The molecule has 198 valence electrons. The van der Waals surface area contributed by atoms with Gasteiger partial charge in [0.1, 0.15) is 17.1 Å². The predicted molar refractivity (Wildman–Crippen MR) is 149 cm³/mol. The van der Waals surface area contributed by atoms with Gasteiger partial charge in [-0.15, -0.1) is 0 Å². The van der Waals surface area contributed by atoms with Crippen LogP contribution in [0.5, 0.6) is 11.5 Å². The lowest BCUT2D eigenvalue weighted by Gasteiger charge is -2.53. The summed E-state index contributed by atoms with van der Waals surface area (Å²) >= 11 is 0. The van der Waals surface area contributed by atoms with Crippen molar-refractivity contribution in [2.24, 2.45) is 16.7 Å². The fourth-order valence-corrected chi connectivity index (χ4v) is 6.00. The Morgan fingerprint density at radius 3 is 1.76 bits per heavy atom. The Kier molecular flexibility index (Phi) is 8.30. The summed E-state index contributed by atoms with van der Waals surface area (Å²) in [5.74, 6) is 2.25. The van der Waals surface area contributed by atoms with E-state index in [2.05, 4.69) is 69.3 Å². The summed E-state index contributed by atoms with van der Waals surface area (Å²) in [5, 5.41) is 10.6. The van der Waals surface area contributed by atoms with E-state index >= 15 is 0 Å². The molecule has 3 atom stereocenters. The van der Waals surface area contributed by atoms with Gasteiger partial charge >= 0.3 is 0 Å². The summed E-state index contributed by atoms with van der Waals surface area (Å²) < 4.78 is 18.2. The first-order chi connectivity index (χ1) is 17.8. The second kappa shape index (κ2) is 11.3. The molecule has 0 saturated heterocycles. The van der Waals surface area contributed by atoms with Gasteiger partial charge in [-0.3, -0.25) is 0 Å². The molecule has 0 heterocycles. The van der Waals surface area contributed by atoms with E-state index in [1.165, 1.54) is 0 Å². The molecule has 4 heteroatoms. The molecular weight excluding hydrogens is 460 g/mol. The topological polar surface area (TPSA) is 47.9 Å². The Morgan fingerprint density at radius 2 is 1.30 bits per heavy atom. The standard InChI is InChI=1S/C33H42O4/c1-6-25-20-21-31(2,32(3,22-25)23-34)24-37-33(26-10-8-7-9-11-26,27-12-16-29(35-4)17-13-27)28-14-18-30(36-5)19-15-28/h7-19,25,34H,6,20-24H2,1-5H3/t25?,31-,32+/m0/s1. The van der Waals surface area contributed by atoms with Gasteiger partial charge in [0.25, 0.3) is 0 Å². The fraction of sp³-hybridized carbons (Fsp3) is 0.455. The van der Waals surface area contributed by atoms with E-state index in [0.29, 0.717) is 12.5 Å². The third-order valence-electron chi connectivity index (χ3n) is 9.01. The first kappa shape index (κ1) is 27.2. The molecule has 0 bridgehead atoms. The van der Waals surface area contributed by atoms with Gasteiger partial charge in [0.2, 0.25) is 0 Å². The third kappa shape index (κ3) is 5.15. The van der Waals surface area contributed by atoms with Crippen LogP contribution in [-0.2, 0) is 10.3 Å². The highest BCUT2D eigenvalue weighted by Crippen LogP contribution is 2.54. The van der Waals surface area contributed by atoms with Crippen molar-refractivity contribution in [3.8, 4) is 11.5 Å². The maximum Gasteiger partial charge on any atom is 0.143 e. The van der Waals surface area contributed by atoms with Crippen LogP contribution in [0.15, 0.2) is 78.9 Å². The van der Waals surface area contributed by atoms with Crippen molar-refractivity contribution in [3.05, 3.63) is 95.6 Å². The zero-order chi connectivity index (χ0) is 26.5. The van der Waals surface area contributed by atoms with Crippen LogP contribution in [0.25, 0.3) is 0 Å². The van der Waals surface area contributed by atoms with Crippen LogP contribution >= 0.6 is 0 Å². The van der Waals surface area contributed by atoms with Gasteiger partial charge in [0, 0.05) is 6.61 Å². The normalized spacial score (nSPS) is 24.0. The lowest BCUT2D eigenvalue weighted by atomic mass is 9.55. The van der Waals surface area contributed by atoms with Crippen LogP contribution in [0, 0.1) is 16.7 Å². The molecule has 1 saturated carbocycles. The quantitative estimate of drug-likeness (QED) is 0.297. The molecule has 3 aromatic rings. The second-order valence-corrected chi connectivity index (χ2v) is 11.1. The minimum atomic E-state index is -0.846. The third-order valence-corrected chi connectivity index (χ3v) is 9.01. The van der Waals surface area contributed by atoms with Crippen LogP contribution in [-0.4, -0.2) is 32.5 Å². The van der Waals surface area contributed by atoms with E-state index in [1.54, 1.807) is 14.2 Å². The molecule has 0 aromatic heterocycles. The van der Waals surface area contributed by atoms with Crippen LogP contribution in [0.4, 0.5) is 0 Å². The van der Waals surface area contributed by atoms with Gasteiger partial charge in [-0.2, -0.15) is 0 Å². The van der Waals surface area contributed by atoms with E-state index in [0.717, 1.165) is 53.9 Å². The summed E-state index contributed by atoms with van der Waals surface area (Å²) in [6.45, 7) is 7.48. The lowest BCUT2D eigenvalue weighted by Crippen LogP contribution is -2.50.